The lowest BCUT2D eigenvalue weighted by molar-refractivity contribution is -0.0746. The molecule has 2 aliphatic heterocycles. The summed E-state index contributed by atoms with van der Waals surface area (Å²) in [4.78, 5) is 0. The van der Waals surface area contributed by atoms with E-state index in [0.717, 1.165) is 43.6 Å². The molecule has 202 valence electrons. The van der Waals surface area contributed by atoms with E-state index in [1.54, 1.807) is 11.1 Å². The van der Waals surface area contributed by atoms with E-state index in [1.165, 1.54) is 51.2 Å². The normalized spacial score (nSPS) is 52.0. The number of allylic oxidation sites excluding steroid dienone is 1. The van der Waals surface area contributed by atoms with Gasteiger partial charge in [0, 0.05) is 20.9 Å². The second-order valence-corrected chi connectivity index (χ2v) is 15.8. The average molecular weight is 509 g/mol. The van der Waals surface area contributed by atoms with Gasteiger partial charge in [-0.3, -0.25) is 0 Å². The van der Waals surface area contributed by atoms with E-state index >= 15 is 0 Å². The third-order valence-corrected chi connectivity index (χ3v) is 12.8. The Morgan fingerprint density at radius 3 is 2.69 bits per heavy atom. The van der Waals surface area contributed by atoms with Gasteiger partial charge in [0.25, 0.3) is 0 Å². The molecule has 11 atom stereocenters. The van der Waals surface area contributed by atoms with Gasteiger partial charge in [0.2, 0.25) is 10.0 Å². The number of ether oxygens (including phenoxy) is 1. The van der Waals surface area contributed by atoms with Gasteiger partial charge in [-0.2, -0.15) is 0 Å². The molecule has 2 heterocycles. The topological polar surface area (TPSA) is 67.4 Å². The summed E-state index contributed by atoms with van der Waals surface area (Å²) in [5.74, 6) is 4.28. The van der Waals surface area contributed by atoms with Gasteiger partial charge in [0.15, 0.2) is 0 Å². The van der Waals surface area contributed by atoms with Gasteiger partial charge in [-0.25, -0.2) is 13.1 Å². The van der Waals surface area contributed by atoms with Crippen LogP contribution in [-0.2, 0) is 14.8 Å². The lowest BCUT2D eigenvalue weighted by Gasteiger charge is -2.54. The van der Waals surface area contributed by atoms with Crippen molar-refractivity contribution in [2.75, 3.05) is 12.8 Å². The molecule has 0 bridgehead atoms. The number of fused-ring (bicyclic) bond motifs is 6. The van der Waals surface area contributed by atoms with Crippen LogP contribution < -0.4 is 10.0 Å². The van der Waals surface area contributed by atoms with E-state index in [-0.39, 0.29) is 14.5 Å². The molecular weight excluding hydrogens is 456 g/mol. The smallest absolute Gasteiger partial charge is 0.208 e. The minimum atomic E-state index is -3.13. The minimum absolute atomic E-state index is 0. The Morgan fingerprint density at radius 2 is 1.91 bits per heavy atom. The molecule has 3 saturated carbocycles. The maximum atomic E-state index is 11.9. The molecule has 4 aliphatic carbocycles. The van der Waals surface area contributed by atoms with E-state index in [1.807, 2.05) is 0 Å². The fraction of sp³-hybridized carbons (Fsp3) is 0.931. The average Bonchev–Trinajstić information content (AvgIpc) is 3.23. The van der Waals surface area contributed by atoms with Crippen LogP contribution in [0.1, 0.15) is 94.8 Å². The molecule has 0 aromatic rings. The second kappa shape index (κ2) is 8.54. The predicted octanol–water partition coefficient (Wildman–Crippen LogP) is 5.52. The molecule has 2 saturated heterocycles. The van der Waals surface area contributed by atoms with E-state index in [4.69, 9.17) is 4.74 Å². The van der Waals surface area contributed by atoms with E-state index in [9.17, 15) is 8.42 Å². The third-order valence-electron chi connectivity index (χ3n) is 12.0. The standard InChI is InChI=1S/C29H48N2O3S.2H2/c1-17-12-26-27(30-16-17)19(3)29(34-26)11-9-22-23-7-6-20-13-21(31-35(5,32)33)8-10-28(20,4)25(23)14-24(22)18(2)15-29;;/h17,19-23,25-27,30-31H,6-16H2,1-5H3;2*1H/t17-,19+,20+,21+,22-,23-,25-,26?,27-,28-,29-;;/m0../s1. The van der Waals surface area contributed by atoms with Gasteiger partial charge in [0.05, 0.1) is 18.0 Å². The maximum absolute atomic E-state index is 11.9. The molecule has 0 aromatic heterocycles. The monoisotopic (exact) mass is 508 g/mol. The van der Waals surface area contributed by atoms with Gasteiger partial charge in [0.1, 0.15) is 0 Å². The number of sulfonamides is 1. The number of nitrogens with one attached hydrogen (secondary N) is 2. The molecule has 1 unspecified atom stereocenters. The molecule has 35 heavy (non-hydrogen) atoms. The fourth-order valence-electron chi connectivity index (χ4n) is 10.2. The summed E-state index contributed by atoms with van der Waals surface area (Å²) in [6.45, 7) is 11.0. The van der Waals surface area contributed by atoms with Crippen LogP contribution in [0.15, 0.2) is 11.1 Å². The Morgan fingerprint density at radius 1 is 1.11 bits per heavy atom. The molecule has 0 radical (unpaired) electrons. The summed E-state index contributed by atoms with van der Waals surface area (Å²) in [7, 11) is -3.13. The molecule has 1 spiro atoms. The van der Waals surface area contributed by atoms with Crippen LogP contribution in [0.25, 0.3) is 0 Å². The Labute approximate surface area is 216 Å². The Balaban J connectivity index is 0.00000160. The second-order valence-electron chi connectivity index (χ2n) is 14.0. The fourth-order valence-corrected chi connectivity index (χ4v) is 11.1. The molecule has 2 N–H and O–H groups in total. The first-order chi connectivity index (χ1) is 16.5. The molecular formula is C29H52N2O3S. The first kappa shape index (κ1) is 24.9. The zero-order chi connectivity index (χ0) is 24.8. The first-order valence-corrected chi connectivity index (χ1v) is 16.5. The zero-order valence-electron chi connectivity index (χ0n) is 22.6. The molecule has 5 fully saturated rings. The van der Waals surface area contributed by atoms with Crippen LogP contribution in [0, 0.1) is 40.9 Å². The molecule has 5 nitrogen and oxygen atoms in total. The van der Waals surface area contributed by atoms with Crippen molar-refractivity contribution in [2.24, 2.45) is 40.9 Å². The van der Waals surface area contributed by atoms with Crippen molar-refractivity contribution >= 4 is 10.0 Å². The summed E-state index contributed by atoms with van der Waals surface area (Å²) < 4.78 is 33.7. The van der Waals surface area contributed by atoms with Crippen LogP contribution in [0.2, 0.25) is 0 Å². The largest absolute Gasteiger partial charge is 0.369 e. The summed E-state index contributed by atoms with van der Waals surface area (Å²) in [5.41, 5.74) is 3.83. The number of piperidine rings is 1. The molecule has 0 aromatic carbocycles. The van der Waals surface area contributed by atoms with Gasteiger partial charge in [-0.05, 0) is 113 Å². The molecule has 6 aliphatic rings. The summed E-state index contributed by atoms with van der Waals surface area (Å²) in [5, 5.41) is 3.85. The van der Waals surface area contributed by atoms with Gasteiger partial charge < -0.3 is 10.1 Å². The first-order valence-electron chi connectivity index (χ1n) is 14.6. The molecule has 0 amide bonds. The van der Waals surface area contributed by atoms with Crippen molar-refractivity contribution in [3.8, 4) is 0 Å². The highest BCUT2D eigenvalue weighted by Crippen LogP contribution is 2.65. The zero-order valence-corrected chi connectivity index (χ0v) is 23.4. The van der Waals surface area contributed by atoms with Crippen LogP contribution in [0.5, 0.6) is 0 Å². The van der Waals surface area contributed by atoms with Crippen molar-refractivity contribution in [1.29, 1.82) is 0 Å². The van der Waals surface area contributed by atoms with Crippen LogP contribution in [0.4, 0.5) is 0 Å². The summed E-state index contributed by atoms with van der Waals surface area (Å²) in [6, 6.07) is 0.660. The predicted molar refractivity (Wildman–Crippen MR) is 145 cm³/mol. The van der Waals surface area contributed by atoms with Gasteiger partial charge in [-0.15, -0.1) is 0 Å². The van der Waals surface area contributed by atoms with E-state index in [2.05, 4.69) is 37.7 Å². The van der Waals surface area contributed by atoms with Crippen molar-refractivity contribution in [2.45, 2.75) is 116 Å². The molecule has 6 heteroatoms. The Bertz CT molecular complexity index is 1010. The Hall–Kier alpha value is -0.430. The third kappa shape index (κ3) is 4.08. The maximum Gasteiger partial charge on any atom is 0.208 e. The van der Waals surface area contributed by atoms with Crippen LogP contribution in [0.3, 0.4) is 0 Å². The van der Waals surface area contributed by atoms with Gasteiger partial charge in [-0.1, -0.05) is 31.9 Å². The van der Waals surface area contributed by atoms with Crippen molar-refractivity contribution < 1.29 is 16.0 Å². The number of hydrogen-bond acceptors (Lipinski definition) is 4. The highest BCUT2D eigenvalue weighted by molar-refractivity contribution is 7.88. The molecule has 6 rings (SSSR count). The highest BCUT2D eigenvalue weighted by Gasteiger charge is 2.59. The van der Waals surface area contributed by atoms with Crippen molar-refractivity contribution in [1.82, 2.24) is 10.0 Å². The van der Waals surface area contributed by atoms with E-state index in [0.29, 0.717) is 35.3 Å². The van der Waals surface area contributed by atoms with E-state index < -0.39 is 10.0 Å². The van der Waals surface area contributed by atoms with Crippen LogP contribution in [-0.4, -0.2) is 45.0 Å². The highest BCUT2D eigenvalue weighted by atomic mass is 32.2. The summed E-state index contributed by atoms with van der Waals surface area (Å²) in [6.07, 6.45) is 13.6. The lowest BCUT2D eigenvalue weighted by Crippen LogP contribution is -2.50. The summed E-state index contributed by atoms with van der Waals surface area (Å²) >= 11 is 0. The SMILES string of the molecule is CC1=C2C[C@H]3[C@@H](CC[C@@H]4C[C@H](NS(C)(=O)=O)CC[C@@]43C)[C@@H]2CC[C@@]2(C1)OC1C[C@H](C)CN[C@H]1[C@H]2C.[HH].[HH]. The number of rotatable bonds is 2. The quantitative estimate of drug-likeness (QED) is 0.482. The lowest BCUT2D eigenvalue weighted by atomic mass is 9.52. The van der Waals surface area contributed by atoms with Crippen LogP contribution >= 0.6 is 0 Å². The van der Waals surface area contributed by atoms with Crippen molar-refractivity contribution in [3.63, 3.8) is 0 Å². The minimum Gasteiger partial charge on any atom is -0.369 e. The van der Waals surface area contributed by atoms with Crippen molar-refractivity contribution in [3.05, 3.63) is 11.1 Å². The number of hydrogen-bond donors (Lipinski definition) is 2. The van der Waals surface area contributed by atoms with Gasteiger partial charge >= 0.3 is 0 Å². The Kier molecular flexibility index (Phi) is 6.07.